The lowest BCUT2D eigenvalue weighted by atomic mass is 9.77. The summed E-state index contributed by atoms with van der Waals surface area (Å²) in [7, 11) is 0. The van der Waals surface area contributed by atoms with E-state index in [2.05, 4.69) is 73.9 Å². The summed E-state index contributed by atoms with van der Waals surface area (Å²) in [6.45, 7) is 6.10. The topological polar surface area (TPSA) is 0 Å². The first-order valence-electron chi connectivity index (χ1n) is 14.1. The third-order valence-electron chi connectivity index (χ3n) is 7.73. The Balaban J connectivity index is 1.28. The SMILES string of the molecule is C=Cc1ccc(C#Cc2ccc(CCC3CCC(CCCCCCCCCC)CC3)cc2)cc1. The summed E-state index contributed by atoms with van der Waals surface area (Å²) in [6, 6.07) is 17.2. The van der Waals surface area contributed by atoms with Gasteiger partial charge in [-0.25, -0.2) is 0 Å². The standard InChI is InChI=1S/C34H46/c1-3-5-6-7-8-9-10-11-12-30-17-19-32(20-18-30)23-24-34-27-25-33(26-28-34)22-21-31-15-13-29(4-2)14-16-31/h4,13-16,25-28,30,32H,2-3,5-12,17-20,23-24H2,1H3. The lowest BCUT2D eigenvalue weighted by Crippen LogP contribution is -2.15. The highest BCUT2D eigenvalue weighted by Crippen LogP contribution is 2.34. The Morgan fingerprint density at radius 1 is 0.676 bits per heavy atom. The number of hydrogen-bond donors (Lipinski definition) is 0. The van der Waals surface area contributed by atoms with Crippen molar-refractivity contribution in [2.75, 3.05) is 0 Å². The van der Waals surface area contributed by atoms with E-state index in [0.717, 1.165) is 28.5 Å². The Morgan fingerprint density at radius 2 is 1.18 bits per heavy atom. The minimum absolute atomic E-state index is 0.938. The fraction of sp³-hybridized carbons (Fsp3) is 0.529. The second-order valence-corrected chi connectivity index (χ2v) is 10.5. The fourth-order valence-corrected chi connectivity index (χ4v) is 5.35. The van der Waals surface area contributed by atoms with E-state index in [0.29, 0.717) is 0 Å². The molecular formula is C34H46. The third-order valence-corrected chi connectivity index (χ3v) is 7.73. The molecule has 0 aromatic heterocycles. The molecule has 0 aliphatic heterocycles. The first kappa shape index (κ1) is 26.3. The maximum Gasteiger partial charge on any atom is 0.0249 e. The zero-order valence-corrected chi connectivity index (χ0v) is 21.7. The summed E-state index contributed by atoms with van der Waals surface area (Å²) in [5.74, 6) is 8.52. The van der Waals surface area contributed by atoms with Crippen LogP contribution in [0.1, 0.15) is 119 Å². The number of hydrogen-bond acceptors (Lipinski definition) is 0. The second kappa shape index (κ2) is 15.6. The van der Waals surface area contributed by atoms with E-state index < -0.39 is 0 Å². The molecule has 1 aliphatic rings. The van der Waals surface area contributed by atoms with Crippen molar-refractivity contribution in [2.45, 2.75) is 103 Å². The van der Waals surface area contributed by atoms with Gasteiger partial charge >= 0.3 is 0 Å². The van der Waals surface area contributed by atoms with Gasteiger partial charge in [-0.3, -0.25) is 0 Å². The number of aryl methyl sites for hydroxylation is 1. The van der Waals surface area contributed by atoms with Gasteiger partial charge in [-0.15, -0.1) is 0 Å². The highest BCUT2D eigenvalue weighted by Gasteiger charge is 2.20. The molecule has 1 saturated carbocycles. The number of rotatable bonds is 13. The van der Waals surface area contributed by atoms with Gasteiger partial charge in [0.25, 0.3) is 0 Å². The molecule has 0 heterocycles. The molecule has 0 spiro atoms. The predicted molar refractivity (Wildman–Crippen MR) is 150 cm³/mol. The first-order chi connectivity index (χ1) is 16.8. The van der Waals surface area contributed by atoms with Crippen molar-refractivity contribution in [3.05, 3.63) is 77.4 Å². The van der Waals surface area contributed by atoms with Gasteiger partial charge in [0.05, 0.1) is 0 Å². The predicted octanol–water partition coefficient (Wildman–Crippen LogP) is 10.00. The number of unbranched alkanes of at least 4 members (excludes halogenated alkanes) is 7. The summed E-state index contributed by atoms with van der Waals surface area (Å²) in [6.07, 6.45) is 23.3. The van der Waals surface area contributed by atoms with E-state index >= 15 is 0 Å². The molecule has 1 aliphatic carbocycles. The summed E-state index contributed by atoms with van der Waals surface area (Å²) >= 11 is 0. The maximum atomic E-state index is 3.80. The van der Waals surface area contributed by atoms with Gasteiger partial charge in [0.2, 0.25) is 0 Å². The van der Waals surface area contributed by atoms with Gasteiger partial charge in [-0.1, -0.05) is 139 Å². The molecule has 182 valence electrons. The van der Waals surface area contributed by atoms with Gasteiger partial charge in [0.15, 0.2) is 0 Å². The largest absolute Gasteiger partial charge is 0.0985 e. The molecule has 0 radical (unpaired) electrons. The van der Waals surface area contributed by atoms with Gasteiger partial charge in [0.1, 0.15) is 0 Å². The smallest absolute Gasteiger partial charge is 0.0249 e. The number of benzene rings is 2. The molecule has 0 atom stereocenters. The molecule has 0 bridgehead atoms. The van der Waals surface area contributed by atoms with Crippen LogP contribution in [0.5, 0.6) is 0 Å². The monoisotopic (exact) mass is 454 g/mol. The summed E-state index contributed by atoms with van der Waals surface area (Å²) < 4.78 is 0. The maximum absolute atomic E-state index is 3.80. The summed E-state index contributed by atoms with van der Waals surface area (Å²) in [5, 5.41) is 0. The van der Waals surface area contributed by atoms with Crippen LogP contribution in [0.15, 0.2) is 55.1 Å². The average molecular weight is 455 g/mol. The Bertz CT molecular complexity index is 866. The van der Waals surface area contributed by atoms with E-state index in [1.807, 2.05) is 6.08 Å². The van der Waals surface area contributed by atoms with Gasteiger partial charge < -0.3 is 0 Å². The van der Waals surface area contributed by atoms with E-state index in [1.165, 1.54) is 102 Å². The molecule has 1 fully saturated rings. The van der Waals surface area contributed by atoms with Crippen LogP contribution in [0.25, 0.3) is 6.08 Å². The van der Waals surface area contributed by atoms with Crippen LogP contribution in [-0.4, -0.2) is 0 Å². The molecule has 2 aromatic rings. The third kappa shape index (κ3) is 9.93. The molecule has 2 aromatic carbocycles. The molecule has 0 saturated heterocycles. The highest BCUT2D eigenvalue weighted by atomic mass is 14.3. The molecule has 3 rings (SSSR count). The van der Waals surface area contributed by atoms with Crippen LogP contribution in [0.3, 0.4) is 0 Å². The van der Waals surface area contributed by atoms with Crippen molar-refractivity contribution in [3.63, 3.8) is 0 Å². The van der Waals surface area contributed by atoms with E-state index in [9.17, 15) is 0 Å². The van der Waals surface area contributed by atoms with Crippen LogP contribution in [-0.2, 0) is 6.42 Å². The van der Waals surface area contributed by atoms with Crippen molar-refractivity contribution in [1.82, 2.24) is 0 Å². The zero-order valence-electron chi connectivity index (χ0n) is 21.7. The normalized spacial score (nSPS) is 17.7. The van der Waals surface area contributed by atoms with E-state index in [4.69, 9.17) is 0 Å². The first-order valence-corrected chi connectivity index (χ1v) is 14.1. The Morgan fingerprint density at radius 3 is 1.74 bits per heavy atom. The molecule has 0 unspecified atom stereocenters. The lowest BCUT2D eigenvalue weighted by Gasteiger charge is -2.28. The van der Waals surface area contributed by atoms with Crippen molar-refractivity contribution in [2.24, 2.45) is 11.8 Å². The van der Waals surface area contributed by atoms with Crippen molar-refractivity contribution >= 4 is 6.08 Å². The van der Waals surface area contributed by atoms with Crippen molar-refractivity contribution < 1.29 is 0 Å². The molecule has 0 nitrogen and oxygen atoms in total. The Hall–Kier alpha value is -2.26. The molecule has 0 heteroatoms. The van der Waals surface area contributed by atoms with Crippen LogP contribution in [0.4, 0.5) is 0 Å². The van der Waals surface area contributed by atoms with Crippen LogP contribution in [0, 0.1) is 23.7 Å². The van der Waals surface area contributed by atoms with Crippen LogP contribution < -0.4 is 0 Å². The Labute approximate surface area is 210 Å². The van der Waals surface area contributed by atoms with E-state index in [1.54, 1.807) is 0 Å². The average Bonchev–Trinajstić information content (AvgIpc) is 2.89. The van der Waals surface area contributed by atoms with Crippen LogP contribution in [0.2, 0.25) is 0 Å². The lowest BCUT2D eigenvalue weighted by molar-refractivity contribution is 0.248. The Kier molecular flexibility index (Phi) is 12.1. The fourth-order valence-electron chi connectivity index (χ4n) is 5.35. The second-order valence-electron chi connectivity index (χ2n) is 10.5. The van der Waals surface area contributed by atoms with Crippen LogP contribution >= 0.6 is 0 Å². The summed E-state index contributed by atoms with van der Waals surface area (Å²) in [4.78, 5) is 0. The van der Waals surface area contributed by atoms with Crippen molar-refractivity contribution in [1.29, 1.82) is 0 Å². The molecule has 0 amide bonds. The summed E-state index contributed by atoms with van der Waals surface area (Å²) in [5.41, 5.74) is 4.74. The van der Waals surface area contributed by atoms with E-state index in [-0.39, 0.29) is 0 Å². The minimum atomic E-state index is 0.938. The highest BCUT2D eigenvalue weighted by molar-refractivity contribution is 5.50. The molecule has 0 N–H and O–H groups in total. The molecule has 34 heavy (non-hydrogen) atoms. The minimum Gasteiger partial charge on any atom is -0.0985 e. The van der Waals surface area contributed by atoms with Gasteiger partial charge in [0, 0.05) is 11.1 Å². The van der Waals surface area contributed by atoms with Gasteiger partial charge in [-0.05, 0) is 60.1 Å². The molecular weight excluding hydrogens is 408 g/mol. The quantitative estimate of drug-likeness (QED) is 0.209. The zero-order chi connectivity index (χ0) is 23.8. The van der Waals surface area contributed by atoms with Gasteiger partial charge in [-0.2, -0.15) is 0 Å². The van der Waals surface area contributed by atoms with Crippen molar-refractivity contribution in [3.8, 4) is 11.8 Å².